The summed E-state index contributed by atoms with van der Waals surface area (Å²) in [6.07, 6.45) is 2.63. The highest BCUT2D eigenvalue weighted by Crippen LogP contribution is 2.19. The van der Waals surface area contributed by atoms with E-state index in [4.69, 9.17) is 10.1 Å². The van der Waals surface area contributed by atoms with Crippen molar-refractivity contribution in [2.75, 3.05) is 6.61 Å². The Balaban J connectivity index is 1.90. The molecule has 0 saturated heterocycles. The number of pyridine rings is 1. The van der Waals surface area contributed by atoms with Crippen LogP contribution in [0.4, 0.5) is 5.69 Å². The molecule has 7 heteroatoms. The molecule has 0 saturated carbocycles. The van der Waals surface area contributed by atoms with Crippen LogP contribution in [-0.2, 0) is 6.54 Å². The van der Waals surface area contributed by atoms with Crippen LogP contribution in [0.15, 0.2) is 48.8 Å². The van der Waals surface area contributed by atoms with Gasteiger partial charge >= 0.3 is 0 Å². The third kappa shape index (κ3) is 4.43. The number of aliphatic hydroxyl groups is 1. The van der Waals surface area contributed by atoms with Gasteiger partial charge in [0.1, 0.15) is 18.5 Å². The van der Waals surface area contributed by atoms with Gasteiger partial charge in [-0.15, -0.1) is 0 Å². The van der Waals surface area contributed by atoms with E-state index in [0.717, 1.165) is 0 Å². The van der Waals surface area contributed by atoms with Gasteiger partial charge in [-0.1, -0.05) is 6.07 Å². The SMILES string of the molecule is N=c1ccn(CC(O)COc2cccc([N+](=O)[O-])c2)cc1. The van der Waals surface area contributed by atoms with Crippen LogP contribution in [0.25, 0.3) is 0 Å². The summed E-state index contributed by atoms with van der Waals surface area (Å²) >= 11 is 0. The molecule has 1 heterocycles. The lowest BCUT2D eigenvalue weighted by atomic mass is 10.3. The number of ether oxygens (including phenoxy) is 1. The van der Waals surface area contributed by atoms with Gasteiger partial charge in [-0.3, -0.25) is 10.1 Å². The van der Waals surface area contributed by atoms with E-state index in [1.807, 2.05) is 0 Å². The first kappa shape index (κ1) is 14.7. The summed E-state index contributed by atoms with van der Waals surface area (Å²) in [7, 11) is 0. The lowest BCUT2D eigenvalue weighted by Crippen LogP contribution is -2.23. The van der Waals surface area contributed by atoms with Crippen molar-refractivity contribution in [2.24, 2.45) is 0 Å². The summed E-state index contributed by atoms with van der Waals surface area (Å²) < 4.78 is 7.09. The number of aliphatic hydroxyl groups excluding tert-OH is 1. The molecule has 2 aromatic rings. The lowest BCUT2D eigenvalue weighted by molar-refractivity contribution is -0.384. The van der Waals surface area contributed by atoms with Crippen LogP contribution >= 0.6 is 0 Å². The molecule has 21 heavy (non-hydrogen) atoms. The highest BCUT2D eigenvalue weighted by molar-refractivity contribution is 5.37. The molecule has 1 aromatic heterocycles. The average molecular weight is 289 g/mol. The fraction of sp³-hybridized carbons (Fsp3) is 0.214. The first-order chi connectivity index (χ1) is 10.0. The fourth-order valence-corrected chi connectivity index (χ4v) is 1.75. The molecule has 0 aliphatic rings. The van der Waals surface area contributed by atoms with Crippen LogP contribution in [0.2, 0.25) is 0 Å². The maximum absolute atomic E-state index is 10.6. The van der Waals surface area contributed by atoms with E-state index in [1.165, 1.54) is 18.2 Å². The molecule has 0 bridgehead atoms. The summed E-state index contributed by atoms with van der Waals surface area (Å²) in [5.41, 5.74) is -0.0533. The van der Waals surface area contributed by atoms with Gasteiger partial charge in [-0.25, -0.2) is 0 Å². The summed E-state index contributed by atoms with van der Waals surface area (Å²) in [5, 5.41) is 28.3. The van der Waals surface area contributed by atoms with E-state index in [9.17, 15) is 15.2 Å². The summed E-state index contributed by atoms with van der Waals surface area (Å²) in [6.45, 7) is 0.339. The van der Waals surface area contributed by atoms with Crippen LogP contribution in [0.5, 0.6) is 5.75 Å². The molecule has 0 aliphatic carbocycles. The number of hydrogen-bond acceptors (Lipinski definition) is 5. The van der Waals surface area contributed by atoms with Crippen molar-refractivity contribution >= 4 is 5.69 Å². The van der Waals surface area contributed by atoms with Gasteiger partial charge in [0.2, 0.25) is 0 Å². The molecule has 2 rings (SSSR count). The van der Waals surface area contributed by atoms with Crippen LogP contribution in [0.1, 0.15) is 0 Å². The Morgan fingerprint density at radius 1 is 1.33 bits per heavy atom. The average Bonchev–Trinajstić information content (AvgIpc) is 2.48. The van der Waals surface area contributed by atoms with E-state index >= 15 is 0 Å². The second-order valence-electron chi connectivity index (χ2n) is 4.50. The Labute approximate surface area is 120 Å². The maximum atomic E-state index is 10.6. The predicted molar refractivity (Wildman–Crippen MR) is 74.9 cm³/mol. The monoisotopic (exact) mass is 289 g/mol. The first-order valence-electron chi connectivity index (χ1n) is 6.30. The smallest absolute Gasteiger partial charge is 0.273 e. The Morgan fingerprint density at radius 2 is 2.05 bits per heavy atom. The minimum atomic E-state index is -0.758. The number of nitrogens with zero attached hydrogens (tertiary/aromatic N) is 2. The number of aromatic nitrogens is 1. The Morgan fingerprint density at radius 3 is 2.71 bits per heavy atom. The third-order valence-electron chi connectivity index (χ3n) is 2.78. The second kappa shape index (κ2) is 6.67. The summed E-state index contributed by atoms with van der Waals surface area (Å²) in [4.78, 5) is 10.1. The lowest BCUT2D eigenvalue weighted by Gasteiger charge is -2.14. The van der Waals surface area contributed by atoms with Crippen LogP contribution in [0, 0.1) is 15.5 Å². The van der Waals surface area contributed by atoms with Crippen molar-refractivity contribution in [1.82, 2.24) is 4.57 Å². The van der Waals surface area contributed by atoms with E-state index < -0.39 is 11.0 Å². The highest BCUT2D eigenvalue weighted by Gasteiger charge is 2.09. The summed E-state index contributed by atoms with van der Waals surface area (Å²) in [5.74, 6) is 0.342. The van der Waals surface area contributed by atoms with Gasteiger partial charge in [-0.2, -0.15) is 0 Å². The highest BCUT2D eigenvalue weighted by atomic mass is 16.6. The van der Waals surface area contributed by atoms with Crippen molar-refractivity contribution in [1.29, 1.82) is 5.41 Å². The molecule has 7 nitrogen and oxygen atoms in total. The minimum absolute atomic E-state index is 0.0246. The van der Waals surface area contributed by atoms with E-state index in [-0.39, 0.29) is 12.3 Å². The molecular formula is C14H15N3O4. The number of benzene rings is 1. The van der Waals surface area contributed by atoms with Crippen LogP contribution < -0.4 is 10.1 Å². The number of hydrogen-bond donors (Lipinski definition) is 2. The van der Waals surface area contributed by atoms with Crippen molar-refractivity contribution < 1.29 is 14.8 Å². The molecule has 0 amide bonds. The molecule has 1 atom stereocenters. The van der Waals surface area contributed by atoms with Crippen molar-refractivity contribution in [2.45, 2.75) is 12.6 Å². The van der Waals surface area contributed by atoms with Crippen molar-refractivity contribution in [3.05, 3.63) is 64.3 Å². The van der Waals surface area contributed by atoms with Gasteiger partial charge in [-0.05, 0) is 18.2 Å². The topological polar surface area (TPSA) is 101 Å². The first-order valence-corrected chi connectivity index (χ1v) is 6.30. The Hall–Kier alpha value is -2.67. The van der Waals surface area contributed by atoms with Gasteiger partial charge in [0.25, 0.3) is 5.69 Å². The third-order valence-corrected chi connectivity index (χ3v) is 2.78. The predicted octanol–water partition coefficient (Wildman–Crippen LogP) is 1.32. The standard InChI is InChI=1S/C14H15N3O4/c15-11-4-6-16(7-5-11)9-13(18)10-21-14-3-1-2-12(8-14)17(19)20/h1-8,13,15,18H,9-10H2. The Bertz CT molecular complexity index is 663. The molecule has 1 unspecified atom stereocenters. The van der Waals surface area contributed by atoms with Gasteiger partial charge in [0, 0.05) is 18.5 Å². The number of nitro groups is 1. The molecule has 0 spiro atoms. The number of nitrogens with one attached hydrogen (secondary N) is 1. The largest absolute Gasteiger partial charge is 0.491 e. The van der Waals surface area contributed by atoms with E-state index in [2.05, 4.69) is 0 Å². The van der Waals surface area contributed by atoms with Crippen molar-refractivity contribution in [3.63, 3.8) is 0 Å². The Kier molecular flexibility index (Phi) is 4.68. The maximum Gasteiger partial charge on any atom is 0.273 e. The van der Waals surface area contributed by atoms with Crippen LogP contribution in [-0.4, -0.2) is 27.3 Å². The van der Waals surface area contributed by atoms with Gasteiger partial charge < -0.3 is 19.8 Å². The molecule has 0 aliphatic heterocycles. The molecule has 0 radical (unpaired) electrons. The van der Waals surface area contributed by atoms with Gasteiger partial charge in [0.15, 0.2) is 0 Å². The zero-order valence-electron chi connectivity index (χ0n) is 11.2. The van der Waals surface area contributed by atoms with Crippen LogP contribution in [0.3, 0.4) is 0 Å². The number of non-ortho nitro benzene ring substituents is 1. The second-order valence-corrected chi connectivity index (χ2v) is 4.50. The number of nitro benzene ring substituents is 1. The quantitative estimate of drug-likeness (QED) is 0.618. The molecule has 1 aromatic carbocycles. The normalized spacial score (nSPS) is 11.9. The minimum Gasteiger partial charge on any atom is -0.491 e. The van der Waals surface area contributed by atoms with E-state index in [0.29, 0.717) is 17.7 Å². The molecular weight excluding hydrogens is 274 g/mol. The number of rotatable bonds is 6. The van der Waals surface area contributed by atoms with E-state index in [1.54, 1.807) is 35.2 Å². The fourth-order valence-electron chi connectivity index (χ4n) is 1.75. The van der Waals surface area contributed by atoms with Gasteiger partial charge in [0.05, 0.1) is 22.9 Å². The zero-order valence-corrected chi connectivity index (χ0v) is 11.2. The van der Waals surface area contributed by atoms with Crippen molar-refractivity contribution in [3.8, 4) is 5.75 Å². The molecule has 2 N–H and O–H groups in total. The molecule has 0 fully saturated rings. The summed E-state index contributed by atoms with van der Waals surface area (Å²) in [6, 6.07) is 9.06. The zero-order chi connectivity index (χ0) is 15.2. The molecule has 110 valence electrons.